The number of rotatable bonds is 2. The van der Waals surface area contributed by atoms with Crippen LogP contribution in [0.5, 0.6) is 0 Å². The maximum Gasteiger partial charge on any atom is 0.137 e. The first-order valence-corrected chi connectivity index (χ1v) is 2.12. The Kier molecular flexibility index (Phi) is 8.30. The molecule has 0 aromatic carbocycles. The van der Waals surface area contributed by atoms with Crippen LogP contribution >= 0.6 is 0 Å². The third-order valence-electron chi connectivity index (χ3n) is 0.498. The average molecular weight is 257 g/mol. The van der Waals surface area contributed by atoms with E-state index in [1.165, 1.54) is 13.8 Å². The fourth-order valence-corrected chi connectivity index (χ4v) is 0.351. The Morgan fingerprint density at radius 2 is 1.38 bits per heavy atom. The molecule has 0 radical (unpaired) electrons. The minimum atomic E-state index is -0.0625. The summed E-state index contributed by atoms with van der Waals surface area (Å²) in [5.41, 5.74) is 0. The second-order valence-corrected chi connectivity index (χ2v) is 1.58. The standard InChI is InChI=1S/C5H8O2.Gd/c1-4(6)3-5(2)7;/h3H2,1-2H3;. The number of hydrogen-bond acceptors (Lipinski definition) is 2. The van der Waals surface area contributed by atoms with Gasteiger partial charge in [-0.15, -0.1) is 0 Å². The summed E-state index contributed by atoms with van der Waals surface area (Å²) < 4.78 is 0. The van der Waals surface area contributed by atoms with Crippen LogP contribution < -0.4 is 0 Å². The number of Topliss-reactive ketones (excluding diaryl/α,β-unsaturated/α-hetero) is 2. The average Bonchev–Trinajstić information content (AvgIpc) is 1.27. The van der Waals surface area contributed by atoms with E-state index in [1.807, 2.05) is 0 Å². The Morgan fingerprint density at radius 1 is 1.12 bits per heavy atom. The van der Waals surface area contributed by atoms with Gasteiger partial charge in [-0.3, -0.25) is 9.59 Å². The van der Waals surface area contributed by atoms with Gasteiger partial charge in [0.15, 0.2) is 0 Å². The van der Waals surface area contributed by atoms with Gasteiger partial charge in [-0.05, 0) is 13.8 Å². The topological polar surface area (TPSA) is 34.1 Å². The minimum Gasteiger partial charge on any atom is -0.300 e. The van der Waals surface area contributed by atoms with Crippen molar-refractivity contribution < 1.29 is 49.5 Å². The molecule has 0 bridgehead atoms. The summed E-state index contributed by atoms with van der Waals surface area (Å²) in [6, 6.07) is 0. The zero-order valence-corrected chi connectivity index (χ0v) is 7.15. The van der Waals surface area contributed by atoms with Crippen LogP contribution in [0.25, 0.3) is 0 Å². The zero-order valence-electron chi connectivity index (χ0n) is 4.88. The largest absolute Gasteiger partial charge is 0.300 e. The summed E-state index contributed by atoms with van der Waals surface area (Å²) in [6.07, 6.45) is 0.0833. The van der Waals surface area contributed by atoms with Gasteiger partial charge in [0.05, 0.1) is 6.42 Å². The normalized spacial score (nSPS) is 7.25. The molecule has 2 nitrogen and oxygen atoms in total. The van der Waals surface area contributed by atoms with Crippen LogP contribution in [0.2, 0.25) is 0 Å². The molecule has 48 valence electrons. The summed E-state index contributed by atoms with van der Waals surface area (Å²) in [6.45, 7) is 2.81. The quantitative estimate of drug-likeness (QED) is 0.677. The molecular formula is C5H8GdO2. The van der Waals surface area contributed by atoms with Crippen LogP contribution in [0.4, 0.5) is 0 Å². The van der Waals surface area contributed by atoms with E-state index < -0.39 is 0 Å². The number of hydrogen-bond donors (Lipinski definition) is 0. The first-order valence-electron chi connectivity index (χ1n) is 2.12. The minimum absolute atomic E-state index is 0. The Bertz CT molecular complexity index is 86.6. The fourth-order valence-electron chi connectivity index (χ4n) is 0.351. The molecular weight excluding hydrogens is 249 g/mol. The molecule has 0 spiro atoms. The monoisotopic (exact) mass is 258 g/mol. The van der Waals surface area contributed by atoms with Crippen molar-refractivity contribution in [2.45, 2.75) is 20.3 Å². The molecule has 0 fully saturated rings. The van der Waals surface area contributed by atoms with Gasteiger partial charge in [0, 0.05) is 39.9 Å². The van der Waals surface area contributed by atoms with E-state index in [1.54, 1.807) is 0 Å². The van der Waals surface area contributed by atoms with Crippen molar-refractivity contribution in [3.63, 3.8) is 0 Å². The van der Waals surface area contributed by atoms with E-state index >= 15 is 0 Å². The van der Waals surface area contributed by atoms with Gasteiger partial charge in [-0.1, -0.05) is 0 Å². The van der Waals surface area contributed by atoms with Gasteiger partial charge in [-0.2, -0.15) is 0 Å². The summed E-state index contributed by atoms with van der Waals surface area (Å²) in [4.78, 5) is 20.1. The predicted octanol–water partition coefficient (Wildman–Crippen LogP) is 0.554. The number of carbonyl (C=O) groups excluding carboxylic acids is 2. The molecule has 0 rings (SSSR count). The maximum absolute atomic E-state index is 10.0. The van der Waals surface area contributed by atoms with Crippen molar-refractivity contribution in [3.8, 4) is 0 Å². The Labute approximate surface area is 80.7 Å². The van der Waals surface area contributed by atoms with Crippen LogP contribution in [0.1, 0.15) is 20.3 Å². The summed E-state index contributed by atoms with van der Waals surface area (Å²) in [5, 5.41) is 0. The van der Waals surface area contributed by atoms with Crippen LogP contribution in [0.15, 0.2) is 0 Å². The fraction of sp³-hybridized carbons (Fsp3) is 0.600. The van der Waals surface area contributed by atoms with Crippen molar-refractivity contribution >= 4 is 11.6 Å². The molecule has 0 aromatic heterocycles. The van der Waals surface area contributed by atoms with Gasteiger partial charge < -0.3 is 0 Å². The summed E-state index contributed by atoms with van der Waals surface area (Å²) in [7, 11) is 0. The zero-order chi connectivity index (χ0) is 5.86. The van der Waals surface area contributed by atoms with Crippen molar-refractivity contribution in [1.82, 2.24) is 0 Å². The molecule has 0 aliphatic carbocycles. The second-order valence-electron chi connectivity index (χ2n) is 1.58. The SMILES string of the molecule is CC(=O)CC(C)=O.[Gd]. The van der Waals surface area contributed by atoms with E-state index in [4.69, 9.17) is 0 Å². The molecule has 0 unspecified atom stereocenters. The number of carbonyl (C=O) groups is 2. The number of ketones is 2. The molecule has 0 heterocycles. The first-order chi connectivity index (χ1) is 3.13. The van der Waals surface area contributed by atoms with E-state index in [9.17, 15) is 9.59 Å². The Hall–Kier alpha value is 0.665. The van der Waals surface area contributed by atoms with Crippen molar-refractivity contribution in [1.29, 1.82) is 0 Å². The van der Waals surface area contributed by atoms with Gasteiger partial charge in [0.1, 0.15) is 11.6 Å². The second kappa shape index (κ2) is 5.80. The van der Waals surface area contributed by atoms with Gasteiger partial charge in [0.25, 0.3) is 0 Å². The van der Waals surface area contributed by atoms with Gasteiger partial charge >= 0.3 is 0 Å². The third-order valence-corrected chi connectivity index (χ3v) is 0.498. The molecule has 0 atom stereocenters. The molecule has 0 N–H and O–H groups in total. The van der Waals surface area contributed by atoms with E-state index in [0.717, 1.165) is 0 Å². The van der Waals surface area contributed by atoms with Crippen LogP contribution in [-0.2, 0) is 9.59 Å². The molecule has 3 heteroatoms. The molecule has 8 heavy (non-hydrogen) atoms. The van der Waals surface area contributed by atoms with Crippen LogP contribution in [0, 0.1) is 39.9 Å². The smallest absolute Gasteiger partial charge is 0.137 e. The van der Waals surface area contributed by atoms with E-state index in [0.29, 0.717) is 0 Å². The van der Waals surface area contributed by atoms with E-state index in [-0.39, 0.29) is 57.9 Å². The van der Waals surface area contributed by atoms with E-state index in [2.05, 4.69) is 0 Å². The Balaban J connectivity index is 0. The summed E-state index contributed by atoms with van der Waals surface area (Å²) >= 11 is 0. The van der Waals surface area contributed by atoms with Crippen molar-refractivity contribution in [2.75, 3.05) is 0 Å². The molecule has 0 aliphatic heterocycles. The van der Waals surface area contributed by atoms with Crippen LogP contribution in [0.3, 0.4) is 0 Å². The van der Waals surface area contributed by atoms with Crippen LogP contribution in [-0.4, -0.2) is 11.6 Å². The molecule has 0 aromatic rings. The van der Waals surface area contributed by atoms with Gasteiger partial charge in [0.2, 0.25) is 0 Å². The van der Waals surface area contributed by atoms with Crippen molar-refractivity contribution in [2.24, 2.45) is 0 Å². The maximum atomic E-state index is 10.0. The van der Waals surface area contributed by atoms with Crippen molar-refractivity contribution in [3.05, 3.63) is 0 Å². The third kappa shape index (κ3) is 9.83. The molecule has 0 saturated heterocycles. The molecule has 0 amide bonds. The molecule has 0 aliphatic rings. The summed E-state index contributed by atoms with van der Waals surface area (Å²) in [5.74, 6) is -0.125. The first kappa shape index (κ1) is 11.5. The van der Waals surface area contributed by atoms with Gasteiger partial charge in [-0.25, -0.2) is 0 Å². The predicted molar refractivity (Wildman–Crippen MR) is 26.0 cm³/mol. The molecule has 0 saturated carbocycles. The Morgan fingerprint density at radius 3 is 1.38 bits per heavy atom.